The molecule has 0 atom stereocenters. The first-order chi connectivity index (χ1) is 12.9. The maximum absolute atomic E-state index is 13.5. The van der Waals surface area contributed by atoms with Crippen molar-refractivity contribution in [1.29, 1.82) is 0 Å². The number of hydrogen-bond donors (Lipinski definition) is 3. The van der Waals surface area contributed by atoms with Gasteiger partial charge >= 0.3 is 0 Å². The summed E-state index contributed by atoms with van der Waals surface area (Å²) in [6.07, 6.45) is -0.157. The normalized spacial score (nSPS) is 9.89. The molecule has 0 saturated heterocycles. The second-order valence-corrected chi connectivity index (χ2v) is 5.49. The van der Waals surface area contributed by atoms with Crippen LogP contribution in [0, 0.1) is 5.82 Å². The van der Waals surface area contributed by atoms with Crippen LogP contribution in [-0.4, -0.2) is 26.0 Å². The number of anilines is 1. The zero-order valence-electron chi connectivity index (χ0n) is 15.0. The molecule has 0 saturated carbocycles. The molecule has 2 amide bonds. The van der Waals surface area contributed by atoms with E-state index in [0.717, 1.165) is 0 Å². The Morgan fingerprint density at radius 2 is 1.67 bits per heavy atom. The summed E-state index contributed by atoms with van der Waals surface area (Å²) in [5, 5.41) is 2.43. The van der Waals surface area contributed by atoms with E-state index in [4.69, 9.17) is 9.47 Å². The molecule has 8 heteroatoms. The number of benzene rings is 2. The number of methoxy groups -OCH3 is 2. The lowest BCUT2D eigenvalue weighted by atomic mass is 10.2. The minimum Gasteiger partial charge on any atom is -0.497 e. The van der Waals surface area contributed by atoms with Crippen LogP contribution in [0.4, 0.5) is 10.1 Å². The molecular weight excluding hydrogens is 353 g/mol. The fourth-order valence-corrected chi connectivity index (χ4v) is 2.15. The third-order valence-corrected chi connectivity index (χ3v) is 3.49. The lowest BCUT2D eigenvalue weighted by molar-refractivity contribution is -0.115. The number of ether oxygens (including phenoxy) is 2. The Morgan fingerprint density at radius 1 is 1.04 bits per heavy atom. The first kappa shape index (κ1) is 19.8. The van der Waals surface area contributed by atoms with E-state index >= 15 is 0 Å². The summed E-state index contributed by atoms with van der Waals surface area (Å²) in [4.78, 5) is 24.2. The van der Waals surface area contributed by atoms with E-state index < -0.39 is 17.6 Å². The third kappa shape index (κ3) is 5.74. The number of amides is 2. The maximum atomic E-state index is 13.5. The number of carbonyl (C=O) groups excluding carboxylic acids is 2. The summed E-state index contributed by atoms with van der Waals surface area (Å²) >= 11 is 0. The van der Waals surface area contributed by atoms with E-state index in [-0.39, 0.29) is 17.8 Å². The highest BCUT2D eigenvalue weighted by Gasteiger charge is 2.12. The molecule has 0 aromatic heterocycles. The van der Waals surface area contributed by atoms with Gasteiger partial charge in [0.15, 0.2) is 0 Å². The number of carbonyl (C=O) groups is 2. The van der Waals surface area contributed by atoms with Crippen molar-refractivity contribution in [3.8, 4) is 11.5 Å². The van der Waals surface area contributed by atoms with Crippen LogP contribution in [0.1, 0.15) is 16.8 Å². The van der Waals surface area contributed by atoms with E-state index in [0.29, 0.717) is 17.1 Å². The Bertz CT molecular complexity index is 832. The van der Waals surface area contributed by atoms with Gasteiger partial charge in [0.2, 0.25) is 5.91 Å². The van der Waals surface area contributed by atoms with Crippen molar-refractivity contribution in [3.05, 3.63) is 66.1 Å². The third-order valence-electron chi connectivity index (χ3n) is 3.49. The molecule has 0 radical (unpaired) electrons. The highest BCUT2D eigenvalue weighted by atomic mass is 19.1. The second-order valence-electron chi connectivity index (χ2n) is 5.49. The topological polar surface area (TPSA) is 88.7 Å². The van der Waals surface area contributed by atoms with Gasteiger partial charge in [-0.05, 0) is 24.3 Å². The van der Waals surface area contributed by atoms with E-state index in [2.05, 4.69) is 22.7 Å². The fraction of sp³-hybridized carbons (Fsp3) is 0.158. The number of halogens is 1. The molecule has 0 aliphatic heterocycles. The highest BCUT2D eigenvalue weighted by Crippen LogP contribution is 2.22. The Balaban J connectivity index is 1.88. The molecule has 0 unspecified atom stereocenters. The van der Waals surface area contributed by atoms with Crippen LogP contribution >= 0.6 is 0 Å². The van der Waals surface area contributed by atoms with E-state index in [1.54, 1.807) is 12.1 Å². The zero-order chi connectivity index (χ0) is 19.8. The molecule has 0 heterocycles. The van der Waals surface area contributed by atoms with Crippen LogP contribution in [0.3, 0.4) is 0 Å². The summed E-state index contributed by atoms with van der Waals surface area (Å²) in [5.41, 5.74) is 5.58. The minimum atomic E-state index is -0.537. The zero-order valence-corrected chi connectivity index (χ0v) is 15.0. The average Bonchev–Trinajstić information content (AvgIpc) is 2.67. The lowest BCUT2D eigenvalue weighted by Gasteiger charge is -2.13. The quantitative estimate of drug-likeness (QED) is 0.619. The molecular formula is C19H20FN3O4. The molecule has 2 rings (SSSR count). The van der Waals surface area contributed by atoms with Crippen molar-refractivity contribution in [2.45, 2.75) is 6.42 Å². The van der Waals surface area contributed by atoms with Crippen molar-refractivity contribution in [2.75, 3.05) is 19.5 Å². The van der Waals surface area contributed by atoms with Gasteiger partial charge in [-0.1, -0.05) is 18.7 Å². The molecule has 142 valence electrons. The Morgan fingerprint density at radius 3 is 2.26 bits per heavy atom. The summed E-state index contributed by atoms with van der Waals surface area (Å²) in [6.45, 7) is 3.66. The molecule has 2 aromatic carbocycles. The molecule has 0 aliphatic carbocycles. The van der Waals surface area contributed by atoms with Gasteiger partial charge in [0.1, 0.15) is 17.3 Å². The van der Waals surface area contributed by atoms with Crippen LogP contribution in [0.5, 0.6) is 11.5 Å². The largest absolute Gasteiger partial charge is 0.497 e. The molecule has 0 spiro atoms. The first-order valence-corrected chi connectivity index (χ1v) is 7.94. The molecule has 27 heavy (non-hydrogen) atoms. The predicted octanol–water partition coefficient (Wildman–Crippen LogP) is 2.62. The van der Waals surface area contributed by atoms with Crippen molar-refractivity contribution in [3.63, 3.8) is 0 Å². The molecule has 7 nitrogen and oxygen atoms in total. The smallest absolute Gasteiger partial charge is 0.269 e. The SMILES string of the molecule is C=C(CC(=O)Nc1ccccc1F)NNC(=O)c1cc(OC)cc(OC)c1. The summed E-state index contributed by atoms with van der Waals surface area (Å²) in [7, 11) is 2.95. The standard InChI is InChI=1S/C19H20FN3O4/c1-12(8-18(24)21-17-7-5-4-6-16(17)20)22-23-19(25)13-9-14(26-2)11-15(10-13)27-3/h4-7,9-11,22H,1,8H2,2-3H3,(H,21,24)(H,23,25). The van der Waals surface area contributed by atoms with E-state index in [1.165, 1.54) is 44.6 Å². The Labute approximate surface area is 156 Å². The number of para-hydroxylation sites is 1. The van der Waals surface area contributed by atoms with Gasteiger partial charge in [0, 0.05) is 17.3 Å². The van der Waals surface area contributed by atoms with Crippen molar-refractivity contribution < 1.29 is 23.5 Å². The van der Waals surface area contributed by atoms with Gasteiger partial charge < -0.3 is 20.2 Å². The number of rotatable bonds is 8. The van der Waals surface area contributed by atoms with E-state index in [9.17, 15) is 14.0 Å². The van der Waals surface area contributed by atoms with Gasteiger partial charge in [-0.2, -0.15) is 0 Å². The van der Waals surface area contributed by atoms with Gasteiger partial charge in [-0.3, -0.25) is 15.0 Å². The van der Waals surface area contributed by atoms with Crippen molar-refractivity contribution >= 4 is 17.5 Å². The Kier molecular flexibility index (Phi) is 6.76. The van der Waals surface area contributed by atoms with Gasteiger partial charge in [-0.25, -0.2) is 4.39 Å². The minimum absolute atomic E-state index is 0.0720. The van der Waals surface area contributed by atoms with Crippen molar-refractivity contribution in [1.82, 2.24) is 10.9 Å². The second kappa shape index (κ2) is 9.23. The lowest BCUT2D eigenvalue weighted by Crippen LogP contribution is -2.37. The van der Waals surface area contributed by atoms with Gasteiger partial charge in [-0.15, -0.1) is 0 Å². The summed E-state index contributed by atoms with van der Waals surface area (Å²) < 4.78 is 23.7. The van der Waals surface area contributed by atoms with Crippen LogP contribution < -0.4 is 25.6 Å². The predicted molar refractivity (Wildman–Crippen MR) is 98.9 cm³/mol. The van der Waals surface area contributed by atoms with Gasteiger partial charge in [0.05, 0.1) is 26.3 Å². The summed E-state index contributed by atoms with van der Waals surface area (Å²) in [6, 6.07) is 10.5. The number of nitrogens with one attached hydrogen (secondary N) is 3. The molecule has 0 aliphatic rings. The fourth-order valence-electron chi connectivity index (χ4n) is 2.15. The van der Waals surface area contributed by atoms with Gasteiger partial charge in [0.25, 0.3) is 5.91 Å². The maximum Gasteiger partial charge on any atom is 0.269 e. The van der Waals surface area contributed by atoms with Crippen molar-refractivity contribution in [2.24, 2.45) is 0 Å². The molecule has 2 aromatic rings. The molecule has 0 bridgehead atoms. The monoisotopic (exact) mass is 373 g/mol. The highest BCUT2D eigenvalue weighted by molar-refractivity contribution is 5.95. The molecule has 0 fully saturated rings. The number of hydrazine groups is 1. The van der Waals surface area contributed by atoms with E-state index in [1.807, 2.05) is 0 Å². The number of hydrogen-bond acceptors (Lipinski definition) is 5. The first-order valence-electron chi connectivity index (χ1n) is 7.94. The Hall–Kier alpha value is -3.55. The van der Waals surface area contributed by atoms with Crippen LogP contribution in [0.2, 0.25) is 0 Å². The van der Waals surface area contributed by atoms with Crippen LogP contribution in [0.25, 0.3) is 0 Å². The van der Waals surface area contributed by atoms with Crippen LogP contribution in [0.15, 0.2) is 54.7 Å². The molecule has 3 N–H and O–H groups in total. The average molecular weight is 373 g/mol. The van der Waals surface area contributed by atoms with Crippen LogP contribution in [-0.2, 0) is 4.79 Å². The summed E-state index contributed by atoms with van der Waals surface area (Å²) in [5.74, 6) is -0.562.